The Morgan fingerprint density at radius 1 is 1.28 bits per heavy atom. The van der Waals surface area contributed by atoms with Crippen molar-refractivity contribution in [2.45, 2.75) is 39.3 Å². The third-order valence-electron chi connectivity index (χ3n) is 3.16. The fraction of sp³-hybridized carbons (Fsp3) is 0.467. The number of fused-ring (bicyclic) bond motifs is 1. The summed E-state index contributed by atoms with van der Waals surface area (Å²) >= 11 is 0. The lowest BCUT2D eigenvalue weighted by Crippen LogP contribution is -2.11. The van der Waals surface area contributed by atoms with Crippen LogP contribution in [0.1, 0.15) is 32.5 Å². The molecular weight excluding hydrogens is 226 g/mol. The molecule has 18 heavy (non-hydrogen) atoms. The van der Waals surface area contributed by atoms with Gasteiger partial charge in [0.15, 0.2) is 0 Å². The minimum absolute atomic E-state index is 0.335. The number of rotatable bonds is 4. The molecule has 0 saturated carbocycles. The van der Waals surface area contributed by atoms with E-state index in [0.717, 1.165) is 16.8 Å². The van der Waals surface area contributed by atoms with Crippen LogP contribution in [0.15, 0.2) is 24.3 Å². The van der Waals surface area contributed by atoms with Gasteiger partial charge in [0.05, 0.1) is 18.7 Å². The highest BCUT2D eigenvalue weighted by molar-refractivity contribution is 5.87. The van der Waals surface area contributed by atoms with E-state index in [2.05, 4.69) is 30.5 Å². The van der Waals surface area contributed by atoms with Gasteiger partial charge in [-0.25, -0.2) is 0 Å². The zero-order chi connectivity index (χ0) is 13.3. The highest BCUT2D eigenvalue weighted by Crippen LogP contribution is 2.31. The van der Waals surface area contributed by atoms with Gasteiger partial charge in [-0.3, -0.25) is 0 Å². The number of hydrogen-bond acceptors (Lipinski definition) is 2. The topological polar surface area (TPSA) is 34.4 Å². The smallest absolute Gasteiger partial charge is 0.128 e. The van der Waals surface area contributed by atoms with Gasteiger partial charge in [0.2, 0.25) is 0 Å². The monoisotopic (exact) mass is 247 g/mol. The minimum atomic E-state index is -0.335. The Labute approximate surface area is 108 Å². The molecule has 1 unspecified atom stereocenters. The van der Waals surface area contributed by atoms with Gasteiger partial charge in [0.25, 0.3) is 0 Å². The van der Waals surface area contributed by atoms with Gasteiger partial charge >= 0.3 is 0 Å². The van der Waals surface area contributed by atoms with Gasteiger partial charge in [-0.05, 0) is 39.0 Å². The van der Waals surface area contributed by atoms with Crippen LogP contribution >= 0.6 is 0 Å². The number of methoxy groups -OCH3 is 1. The van der Waals surface area contributed by atoms with E-state index in [1.54, 1.807) is 7.11 Å². The molecule has 0 aliphatic carbocycles. The normalized spacial score (nSPS) is 13.2. The number of hydrogen-bond donors (Lipinski definition) is 1. The summed E-state index contributed by atoms with van der Waals surface area (Å²) in [5.41, 5.74) is 2.32. The molecule has 3 nitrogen and oxygen atoms in total. The first-order valence-electron chi connectivity index (χ1n) is 6.39. The van der Waals surface area contributed by atoms with E-state index in [4.69, 9.17) is 4.74 Å². The molecule has 0 aliphatic heterocycles. The minimum Gasteiger partial charge on any atom is -0.496 e. The molecule has 1 heterocycles. The van der Waals surface area contributed by atoms with Crippen molar-refractivity contribution in [1.82, 2.24) is 4.57 Å². The second-order valence-corrected chi connectivity index (χ2v) is 5.05. The summed E-state index contributed by atoms with van der Waals surface area (Å²) in [6.07, 6.45) is 0.327. The summed E-state index contributed by atoms with van der Waals surface area (Å²) in [6.45, 7) is 6.13. The van der Waals surface area contributed by atoms with Crippen molar-refractivity contribution in [3.8, 4) is 5.75 Å². The summed E-state index contributed by atoms with van der Waals surface area (Å²) in [7, 11) is 1.69. The zero-order valence-electron chi connectivity index (χ0n) is 11.5. The van der Waals surface area contributed by atoms with Crippen molar-refractivity contribution in [2.75, 3.05) is 7.11 Å². The highest BCUT2D eigenvalue weighted by Gasteiger charge is 2.15. The third kappa shape index (κ3) is 2.23. The van der Waals surface area contributed by atoms with Gasteiger partial charge in [0, 0.05) is 23.5 Å². The third-order valence-corrected chi connectivity index (χ3v) is 3.16. The van der Waals surface area contributed by atoms with E-state index in [0.29, 0.717) is 12.5 Å². The molecule has 2 rings (SSSR count). The fourth-order valence-corrected chi connectivity index (χ4v) is 2.53. The number of aliphatic hydroxyl groups is 1. The number of nitrogens with zero attached hydrogens (tertiary/aromatic N) is 1. The summed E-state index contributed by atoms with van der Waals surface area (Å²) in [5, 5.41) is 10.7. The largest absolute Gasteiger partial charge is 0.496 e. The molecule has 0 spiro atoms. The fourth-order valence-electron chi connectivity index (χ4n) is 2.53. The summed E-state index contributed by atoms with van der Waals surface area (Å²) in [4.78, 5) is 0. The van der Waals surface area contributed by atoms with E-state index in [9.17, 15) is 5.11 Å². The van der Waals surface area contributed by atoms with Crippen molar-refractivity contribution < 1.29 is 9.84 Å². The highest BCUT2D eigenvalue weighted by atomic mass is 16.5. The molecule has 0 saturated heterocycles. The molecule has 0 fully saturated rings. The SMILES string of the molecule is COc1cccc2c1cc(CC(C)O)n2C(C)C. The standard InChI is InChI=1S/C15H21NO2/c1-10(2)16-12(8-11(3)17)9-13-14(16)6-5-7-15(13)18-4/h5-7,9-11,17H,8H2,1-4H3. The van der Waals surface area contributed by atoms with Crippen molar-refractivity contribution in [1.29, 1.82) is 0 Å². The molecule has 1 atom stereocenters. The Balaban J connectivity index is 2.66. The maximum Gasteiger partial charge on any atom is 0.128 e. The van der Waals surface area contributed by atoms with Crippen LogP contribution in [0.25, 0.3) is 10.9 Å². The van der Waals surface area contributed by atoms with E-state index < -0.39 is 0 Å². The van der Waals surface area contributed by atoms with Crippen molar-refractivity contribution >= 4 is 10.9 Å². The number of benzene rings is 1. The van der Waals surface area contributed by atoms with Gasteiger partial charge in [-0.15, -0.1) is 0 Å². The van der Waals surface area contributed by atoms with Gasteiger partial charge in [-0.2, -0.15) is 0 Å². The summed E-state index contributed by atoms with van der Waals surface area (Å²) in [6, 6.07) is 8.57. The van der Waals surface area contributed by atoms with Crippen LogP contribution in [-0.2, 0) is 6.42 Å². The molecule has 1 aromatic carbocycles. The molecule has 98 valence electrons. The average Bonchev–Trinajstić information content (AvgIpc) is 2.65. The molecular formula is C15H21NO2. The average molecular weight is 247 g/mol. The predicted octanol–water partition coefficient (Wildman–Crippen LogP) is 3.15. The Morgan fingerprint density at radius 3 is 2.56 bits per heavy atom. The lowest BCUT2D eigenvalue weighted by Gasteiger charge is -2.15. The van der Waals surface area contributed by atoms with Crippen molar-refractivity contribution in [3.05, 3.63) is 30.0 Å². The van der Waals surface area contributed by atoms with Gasteiger partial charge in [-0.1, -0.05) is 6.07 Å². The molecule has 3 heteroatoms. The lowest BCUT2D eigenvalue weighted by atomic mass is 10.2. The quantitative estimate of drug-likeness (QED) is 0.900. The molecule has 1 aromatic heterocycles. The Bertz CT molecular complexity index is 541. The lowest BCUT2D eigenvalue weighted by molar-refractivity contribution is 0.192. The van der Waals surface area contributed by atoms with Crippen LogP contribution in [0.2, 0.25) is 0 Å². The molecule has 1 N–H and O–H groups in total. The number of aromatic nitrogens is 1. The molecule has 0 amide bonds. The first kappa shape index (κ1) is 13.0. The van der Waals surface area contributed by atoms with Crippen LogP contribution in [0, 0.1) is 0 Å². The van der Waals surface area contributed by atoms with E-state index >= 15 is 0 Å². The molecule has 0 radical (unpaired) electrons. The molecule has 0 bridgehead atoms. The van der Waals surface area contributed by atoms with Crippen LogP contribution in [0.3, 0.4) is 0 Å². The number of aliphatic hydroxyl groups excluding tert-OH is 1. The summed E-state index contributed by atoms with van der Waals surface area (Å²) in [5.74, 6) is 0.888. The molecule has 2 aromatic rings. The Kier molecular flexibility index (Phi) is 3.62. The van der Waals surface area contributed by atoms with Crippen LogP contribution in [-0.4, -0.2) is 22.9 Å². The van der Waals surface area contributed by atoms with Crippen molar-refractivity contribution in [3.63, 3.8) is 0 Å². The Morgan fingerprint density at radius 2 is 2.00 bits per heavy atom. The van der Waals surface area contributed by atoms with E-state index in [1.807, 2.05) is 19.1 Å². The van der Waals surface area contributed by atoms with Crippen molar-refractivity contribution in [2.24, 2.45) is 0 Å². The Hall–Kier alpha value is -1.48. The predicted molar refractivity (Wildman–Crippen MR) is 74.3 cm³/mol. The number of ether oxygens (including phenoxy) is 1. The van der Waals surface area contributed by atoms with Crippen LogP contribution in [0.4, 0.5) is 0 Å². The first-order chi connectivity index (χ1) is 8.54. The second-order valence-electron chi connectivity index (χ2n) is 5.05. The van der Waals surface area contributed by atoms with E-state index in [1.165, 1.54) is 5.52 Å². The van der Waals surface area contributed by atoms with Crippen LogP contribution in [0.5, 0.6) is 5.75 Å². The van der Waals surface area contributed by atoms with Gasteiger partial charge in [0.1, 0.15) is 5.75 Å². The maximum absolute atomic E-state index is 9.62. The van der Waals surface area contributed by atoms with Gasteiger partial charge < -0.3 is 14.4 Å². The maximum atomic E-state index is 9.62. The zero-order valence-corrected chi connectivity index (χ0v) is 11.5. The molecule has 0 aliphatic rings. The first-order valence-corrected chi connectivity index (χ1v) is 6.39. The second kappa shape index (κ2) is 5.02. The van der Waals surface area contributed by atoms with E-state index in [-0.39, 0.29) is 6.10 Å². The summed E-state index contributed by atoms with van der Waals surface area (Å²) < 4.78 is 7.67. The van der Waals surface area contributed by atoms with Crippen LogP contribution < -0.4 is 4.74 Å².